The number of nitrogens with one attached hydrogen (secondary N) is 2. The molecule has 164 valence electrons. The van der Waals surface area contributed by atoms with Crippen molar-refractivity contribution in [3.63, 3.8) is 0 Å². The van der Waals surface area contributed by atoms with E-state index in [1.165, 1.54) is 6.07 Å². The Balaban J connectivity index is 1.52. The lowest BCUT2D eigenvalue weighted by Gasteiger charge is -2.37. The highest BCUT2D eigenvalue weighted by molar-refractivity contribution is 7.80. The van der Waals surface area contributed by atoms with E-state index in [0.29, 0.717) is 15.6 Å². The second kappa shape index (κ2) is 10.3. The maximum Gasteiger partial charge on any atom is 0.257 e. The van der Waals surface area contributed by atoms with E-state index in [4.69, 9.17) is 35.4 Å². The molecule has 1 heterocycles. The molecule has 1 aliphatic rings. The van der Waals surface area contributed by atoms with Gasteiger partial charge in [0.1, 0.15) is 0 Å². The van der Waals surface area contributed by atoms with E-state index in [-0.39, 0.29) is 22.8 Å². The van der Waals surface area contributed by atoms with Gasteiger partial charge in [0, 0.05) is 49.0 Å². The van der Waals surface area contributed by atoms with E-state index in [2.05, 4.69) is 15.5 Å². The standard InChI is InChI=1S/C22H24Cl2N4O2S/c1-14(2)21(30)28-11-9-27(10-12-28)17-6-4-16(5-7-17)25-22(31)26-20(29)15-3-8-18(23)19(24)13-15/h3-8,13-14H,9-12H2,1-2H3,(H2,25,26,29,31). The predicted molar refractivity (Wildman–Crippen MR) is 130 cm³/mol. The molecular formula is C22H24Cl2N4O2S. The van der Waals surface area contributed by atoms with Crippen LogP contribution in [0.1, 0.15) is 24.2 Å². The van der Waals surface area contributed by atoms with Crippen molar-refractivity contribution >= 4 is 63.7 Å². The molecule has 1 saturated heterocycles. The first-order chi connectivity index (χ1) is 14.7. The lowest BCUT2D eigenvalue weighted by Crippen LogP contribution is -2.49. The molecule has 0 radical (unpaired) electrons. The van der Waals surface area contributed by atoms with Gasteiger partial charge in [-0.1, -0.05) is 37.0 Å². The van der Waals surface area contributed by atoms with E-state index in [0.717, 1.165) is 37.6 Å². The zero-order valence-electron chi connectivity index (χ0n) is 17.3. The Morgan fingerprint density at radius 3 is 2.19 bits per heavy atom. The summed E-state index contributed by atoms with van der Waals surface area (Å²) in [6.07, 6.45) is 0. The highest BCUT2D eigenvalue weighted by Gasteiger charge is 2.22. The first-order valence-corrected chi connectivity index (χ1v) is 11.1. The second-order valence-corrected chi connectivity index (χ2v) is 8.77. The van der Waals surface area contributed by atoms with Crippen LogP contribution in [0.25, 0.3) is 0 Å². The molecule has 9 heteroatoms. The fourth-order valence-electron chi connectivity index (χ4n) is 3.28. The van der Waals surface area contributed by atoms with Crippen molar-refractivity contribution in [2.24, 2.45) is 5.92 Å². The number of carbonyl (C=O) groups excluding carboxylic acids is 2. The lowest BCUT2D eigenvalue weighted by molar-refractivity contribution is -0.134. The lowest BCUT2D eigenvalue weighted by atomic mass is 10.1. The molecule has 0 bridgehead atoms. The molecule has 1 aliphatic heterocycles. The fourth-order valence-corrected chi connectivity index (χ4v) is 3.79. The topological polar surface area (TPSA) is 64.7 Å². The third kappa shape index (κ3) is 6.09. The number of benzene rings is 2. The molecule has 0 unspecified atom stereocenters. The van der Waals surface area contributed by atoms with Crippen molar-refractivity contribution in [3.8, 4) is 0 Å². The molecule has 0 aliphatic carbocycles. The summed E-state index contributed by atoms with van der Waals surface area (Å²) in [5.41, 5.74) is 2.20. The van der Waals surface area contributed by atoms with Gasteiger partial charge in [0.25, 0.3) is 5.91 Å². The second-order valence-electron chi connectivity index (χ2n) is 7.55. The van der Waals surface area contributed by atoms with Gasteiger partial charge in [0.2, 0.25) is 5.91 Å². The van der Waals surface area contributed by atoms with E-state index >= 15 is 0 Å². The SMILES string of the molecule is CC(C)C(=O)N1CCN(c2ccc(NC(=S)NC(=O)c3ccc(Cl)c(Cl)c3)cc2)CC1. The minimum absolute atomic E-state index is 0.0258. The Hall–Kier alpha value is -2.35. The first-order valence-electron chi connectivity index (χ1n) is 9.96. The third-order valence-corrected chi connectivity index (χ3v) is 5.93. The summed E-state index contributed by atoms with van der Waals surface area (Å²) in [6, 6.07) is 12.4. The van der Waals surface area contributed by atoms with Gasteiger partial charge in [0.05, 0.1) is 10.0 Å². The molecule has 0 saturated carbocycles. The van der Waals surface area contributed by atoms with E-state index in [1.807, 2.05) is 43.0 Å². The van der Waals surface area contributed by atoms with Crippen LogP contribution in [0.2, 0.25) is 10.0 Å². The van der Waals surface area contributed by atoms with Crippen LogP contribution in [0.4, 0.5) is 11.4 Å². The number of carbonyl (C=O) groups is 2. The molecule has 2 amide bonds. The summed E-state index contributed by atoms with van der Waals surface area (Å²) in [7, 11) is 0. The quantitative estimate of drug-likeness (QED) is 0.636. The maximum absolute atomic E-state index is 12.3. The molecule has 0 atom stereocenters. The van der Waals surface area contributed by atoms with Gasteiger partial charge >= 0.3 is 0 Å². The molecule has 2 aromatic carbocycles. The minimum Gasteiger partial charge on any atom is -0.368 e. The van der Waals surface area contributed by atoms with Crippen LogP contribution in [0.3, 0.4) is 0 Å². The number of rotatable bonds is 4. The van der Waals surface area contributed by atoms with E-state index < -0.39 is 0 Å². The summed E-state index contributed by atoms with van der Waals surface area (Å²) in [5.74, 6) is -0.143. The van der Waals surface area contributed by atoms with Gasteiger partial charge in [-0.2, -0.15) is 0 Å². The largest absolute Gasteiger partial charge is 0.368 e. The smallest absolute Gasteiger partial charge is 0.257 e. The Morgan fingerprint density at radius 2 is 1.61 bits per heavy atom. The predicted octanol–water partition coefficient (Wildman–Crippen LogP) is 4.42. The van der Waals surface area contributed by atoms with Gasteiger partial charge in [0.15, 0.2) is 5.11 Å². The van der Waals surface area contributed by atoms with Crippen LogP contribution >= 0.6 is 35.4 Å². The highest BCUT2D eigenvalue weighted by atomic mass is 35.5. The average molecular weight is 479 g/mol. The Kier molecular flexibility index (Phi) is 7.75. The van der Waals surface area contributed by atoms with Crippen LogP contribution < -0.4 is 15.5 Å². The third-order valence-electron chi connectivity index (χ3n) is 4.98. The van der Waals surface area contributed by atoms with Crippen molar-refractivity contribution in [2.45, 2.75) is 13.8 Å². The zero-order chi connectivity index (χ0) is 22.5. The molecule has 0 aromatic heterocycles. The van der Waals surface area contributed by atoms with Crippen LogP contribution in [-0.2, 0) is 4.79 Å². The average Bonchev–Trinajstić information content (AvgIpc) is 2.75. The summed E-state index contributed by atoms with van der Waals surface area (Å²) in [5, 5.41) is 6.50. The number of anilines is 2. The van der Waals surface area contributed by atoms with Gasteiger partial charge in [-0.25, -0.2) is 0 Å². The van der Waals surface area contributed by atoms with Crippen molar-refractivity contribution in [3.05, 3.63) is 58.1 Å². The maximum atomic E-state index is 12.3. The van der Waals surface area contributed by atoms with Crippen molar-refractivity contribution in [1.82, 2.24) is 10.2 Å². The van der Waals surface area contributed by atoms with Crippen LogP contribution in [-0.4, -0.2) is 48.0 Å². The van der Waals surface area contributed by atoms with Gasteiger partial charge < -0.3 is 15.1 Å². The molecule has 31 heavy (non-hydrogen) atoms. The van der Waals surface area contributed by atoms with Crippen molar-refractivity contribution in [1.29, 1.82) is 0 Å². The number of nitrogens with zero attached hydrogens (tertiary/aromatic N) is 2. The van der Waals surface area contributed by atoms with Crippen LogP contribution in [0, 0.1) is 5.92 Å². The monoisotopic (exact) mass is 478 g/mol. The summed E-state index contributed by atoms with van der Waals surface area (Å²) < 4.78 is 0. The molecule has 0 spiro atoms. The number of hydrogen-bond donors (Lipinski definition) is 2. The number of hydrogen-bond acceptors (Lipinski definition) is 4. The van der Waals surface area contributed by atoms with Gasteiger partial charge in [-0.3, -0.25) is 14.9 Å². The zero-order valence-corrected chi connectivity index (χ0v) is 19.7. The number of thiocarbonyl (C=S) groups is 1. The van der Waals surface area contributed by atoms with E-state index in [9.17, 15) is 9.59 Å². The number of halogens is 2. The van der Waals surface area contributed by atoms with Crippen molar-refractivity contribution in [2.75, 3.05) is 36.4 Å². The molecule has 1 fully saturated rings. The summed E-state index contributed by atoms with van der Waals surface area (Å²) in [6.45, 7) is 6.90. The molecule has 6 nitrogen and oxygen atoms in total. The van der Waals surface area contributed by atoms with Gasteiger partial charge in [-0.05, 0) is 54.7 Å². The molecule has 3 rings (SSSR count). The number of piperazine rings is 1. The fraction of sp³-hybridized carbons (Fsp3) is 0.318. The first kappa shape index (κ1) is 23.3. The molecule has 2 aromatic rings. The van der Waals surface area contributed by atoms with Crippen molar-refractivity contribution < 1.29 is 9.59 Å². The number of amides is 2. The molecular weight excluding hydrogens is 455 g/mol. The highest BCUT2D eigenvalue weighted by Crippen LogP contribution is 2.23. The normalized spacial score (nSPS) is 13.8. The van der Waals surface area contributed by atoms with E-state index in [1.54, 1.807) is 12.1 Å². The molecule has 2 N–H and O–H groups in total. The Morgan fingerprint density at radius 1 is 0.968 bits per heavy atom. The van der Waals surface area contributed by atoms with Crippen LogP contribution in [0.15, 0.2) is 42.5 Å². The minimum atomic E-state index is -0.374. The summed E-state index contributed by atoms with van der Waals surface area (Å²) >= 11 is 17.1. The Labute approximate surface area is 197 Å². The Bertz CT molecular complexity index is 974. The van der Waals surface area contributed by atoms with Gasteiger partial charge in [-0.15, -0.1) is 0 Å². The van der Waals surface area contributed by atoms with Crippen LogP contribution in [0.5, 0.6) is 0 Å². The summed E-state index contributed by atoms with van der Waals surface area (Å²) in [4.78, 5) is 28.6.